The van der Waals surface area contributed by atoms with Crippen LogP contribution in [0.1, 0.15) is 26.7 Å². The topological polar surface area (TPSA) is 32.5 Å². The first kappa shape index (κ1) is 12.0. The molecule has 84 valence electrons. The SMILES string of the molecule is CN(C)CCCN1CCC(N)C1(C)C. The zero-order valence-corrected chi connectivity index (χ0v) is 10.1. The summed E-state index contributed by atoms with van der Waals surface area (Å²) in [5, 5.41) is 0. The lowest BCUT2D eigenvalue weighted by Gasteiger charge is -2.34. The highest BCUT2D eigenvalue weighted by molar-refractivity contribution is 4.97. The van der Waals surface area contributed by atoms with Crippen molar-refractivity contribution in [3.63, 3.8) is 0 Å². The van der Waals surface area contributed by atoms with Gasteiger partial charge in [0.2, 0.25) is 0 Å². The first-order chi connectivity index (χ1) is 6.44. The predicted octanol–water partition coefficient (Wildman–Crippen LogP) is 0.750. The standard InChI is InChI=1S/C11H25N3/c1-11(2)10(12)6-9-14(11)8-5-7-13(3)4/h10H,5-9,12H2,1-4H3. The molecule has 1 heterocycles. The zero-order chi connectivity index (χ0) is 10.8. The Labute approximate surface area is 88.2 Å². The highest BCUT2D eigenvalue weighted by Crippen LogP contribution is 2.27. The van der Waals surface area contributed by atoms with Gasteiger partial charge in [-0.1, -0.05) is 0 Å². The van der Waals surface area contributed by atoms with Gasteiger partial charge < -0.3 is 10.6 Å². The molecule has 3 heteroatoms. The monoisotopic (exact) mass is 199 g/mol. The fraction of sp³-hybridized carbons (Fsp3) is 1.00. The molecule has 1 fully saturated rings. The van der Waals surface area contributed by atoms with E-state index in [-0.39, 0.29) is 5.54 Å². The van der Waals surface area contributed by atoms with Gasteiger partial charge in [-0.15, -0.1) is 0 Å². The van der Waals surface area contributed by atoms with E-state index in [2.05, 4.69) is 37.7 Å². The van der Waals surface area contributed by atoms with Crippen LogP contribution in [0.2, 0.25) is 0 Å². The van der Waals surface area contributed by atoms with Gasteiger partial charge in [-0.05, 0) is 53.9 Å². The van der Waals surface area contributed by atoms with Crippen molar-refractivity contribution in [2.75, 3.05) is 33.7 Å². The van der Waals surface area contributed by atoms with E-state index in [0.29, 0.717) is 6.04 Å². The van der Waals surface area contributed by atoms with Crippen LogP contribution in [0.3, 0.4) is 0 Å². The lowest BCUT2D eigenvalue weighted by molar-refractivity contribution is 0.156. The molecule has 1 rings (SSSR count). The van der Waals surface area contributed by atoms with Crippen molar-refractivity contribution in [3.8, 4) is 0 Å². The summed E-state index contributed by atoms with van der Waals surface area (Å²) in [5.41, 5.74) is 6.28. The summed E-state index contributed by atoms with van der Waals surface area (Å²) in [6.45, 7) is 8.04. The van der Waals surface area contributed by atoms with E-state index in [1.807, 2.05) is 0 Å². The summed E-state index contributed by atoms with van der Waals surface area (Å²) < 4.78 is 0. The van der Waals surface area contributed by atoms with E-state index < -0.39 is 0 Å². The van der Waals surface area contributed by atoms with Crippen molar-refractivity contribution in [1.29, 1.82) is 0 Å². The van der Waals surface area contributed by atoms with Crippen molar-refractivity contribution in [2.24, 2.45) is 5.73 Å². The van der Waals surface area contributed by atoms with Crippen LogP contribution in [0, 0.1) is 0 Å². The molecule has 0 aromatic carbocycles. The van der Waals surface area contributed by atoms with Crippen LogP contribution in [-0.2, 0) is 0 Å². The third-order valence-electron chi connectivity index (χ3n) is 3.47. The summed E-state index contributed by atoms with van der Waals surface area (Å²) >= 11 is 0. The molecule has 0 spiro atoms. The molecule has 3 nitrogen and oxygen atoms in total. The van der Waals surface area contributed by atoms with Crippen LogP contribution in [0.25, 0.3) is 0 Å². The van der Waals surface area contributed by atoms with E-state index >= 15 is 0 Å². The third-order valence-corrected chi connectivity index (χ3v) is 3.47. The molecule has 0 aliphatic carbocycles. The summed E-state index contributed by atoms with van der Waals surface area (Å²) in [7, 11) is 4.25. The van der Waals surface area contributed by atoms with E-state index in [9.17, 15) is 0 Å². The Bertz CT molecular complexity index is 177. The van der Waals surface area contributed by atoms with E-state index in [1.165, 1.54) is 26.1 Å². The van der Waals surface area contributed by atoms with Crippen LogP contribution in [0.4, 0.5) is 0 Å². The lowest BCUT2D eigenvalue weighted by Crippen LogP contribution is -2.49. The maximum atomic E-state index is 6.08. The molecule has 0 aromatic heterocycles. The van der Waals surface area contributed by atoms with Crippen LogP contribution < -0.4 is 5.73 Å². The number of rotatable bonds is 4. The predicted molar refractivity (Wildman–Crippen MR) is 61.4 cm³/mol. The Hall–Kier alpha value is -0.120. The van der Waals surface area contributed by atoms with Gasteiger partial charge in [0.25, 0.3) is 0 Å². The maximum Gasteiger partial charge on any atom is 0.0304 e. The zero-order valence-electron chi connectivity index (χ0n) is 10.1. The number of hydrogen-bond donors (Lipinski definition) is 1. The molecule has 0 amide bonds. The molecular formula is C11H25N3. The van der Waals surface area contributed by atoms with Gasteiger partial charge in [0.1, 0.15) is 0 Å². The van der Waals surface area contributed by atoms with E-state index in [4.69, 9.17) is 5.73 Å². The van der Waals surface area contributed by atoms with Gasteiger partial charge in [-0.3, -0.25) is 4.90 Å². The second-order valence-corrected chi connectivity index (χ2v) is 5.19. The molecule has 1 aliphatic rings. The quantitative estimate of drug-likeness (QED) is 0.725. The van der Waals surface area contributed by atoms with Crippen LogP contribution in [0.5, 0.6) is 0 Å². The molecular weight excluding hydrogens is 174 g/mol. The Balaban J connectivity index is 2.32. The fourth-order valence-electron chi connectivity index (χ4n) is 2.15. The second-order valence-electron chi connectivity index (χ2n) is 5.19. The third kappa shape index (κ3) is 2.69. The van der Waals surface area contributed by atoms with Crippen molar-refractivity contribution in [1.82, 2.24) is 9.80 Å². The Morgan fingerprint density at radius 3 is 2.50 bits per heavy atom. The number of likely N-dealkylation sites (tertiary alicyclic amines) is 1. The maximum absolute atomic E-state index is 6.08. The number of nitrogens with zero attached hydrogens (tertiary/aromatic N) is 2. The molecule has 0 bridgehead atoms. The van der Waals surface area contributed by atoms with E-state index in [0.717, 1.165) is 6.42 Å². The summed E-state index contributed by atoms with van der Waals surface area (Å²) in [6.07, 6.45) is 2.39. The first-order valence-electron chi connectivity index (χ1n) is 5.60. The summed E-state index contributed by atoms with van der Waals surface area (Å²) in [6, 6.07) is 0.349. The van der Waals surface area contributed by atoms with Gasteiger partial charge in [-0.25, -0.2) is 0 Å². The molecule has 0 saturated carbocycles. The van der Waals surface area contributed by atoms with E-state index in [1.54, 1.807) is 0 Å². The minimum Gasteiger partial charge on any atom is -0.326 e. The summed E-state index contributed by atoms with van der Waals surface area (Å²) in [4.78, 5) is 4.77. The van der Waals surface area contributed by atoms with Crippen molar-refractivity contribution in [3.05, 3.63) is 0 Å². The number of hydrogen-bond acceptors (Lipinski definition) is 3. The average Bonchev–Trinajstić information content (AvgIpc) is 2.30. The van der Waals surface area contributed by atoms with Gasteiger partial charge in [0, 0.05) is 18.1 Å². The lowest BCUT2D eigenvalue weighted by atomic mass is 9.97. The second kappa shape index (κ2) is 4.60. The van der Waals surface area contributed by atoms with Gasteiger partial charge >= 0.3 is 0 Å². The molecule has 1 unspecified atom stereocenters. The fourth-order valence-corrected chi connectivity index (χ4v) is 2.15. The minimum atomic E-state index is 0.201. The molecule has 0 radical (unpaired) electrons. The van der Waals surface area contributed by atoms with Crippen molar-refractivity contribution in [2.45, 2.75) is 38.3 Å². The molecule has 1 saturated heterocycles. The van der Waals surface area contributed by atoms with Crippen LogP contribution >= 0.6 is 0 Å². The minimum absolute atomic E-state index is 0.201. The molecule has 0 aromatic rings. The van der Waals surface area contributed by atoms with Crippen molar-refractivity contribution >= 4 is 0 Å². The van der Waals surface area contributed by atoms with Gasteiger partial charge in [0.15, 0.2) is 0 Å². The average molecular weight is 199 g/mol. The van der Waals surface area contributed by atoms with Crippen molar-refractivity contribution < 1.29 is 0 Å². The smallest absolute Gasteiger partial charge is 0.0304 e. The Morgan fingerprint density at radius 1 is 1.43 bits per heavy atom. The Morgan fingerprint density at radius 2 is 2.07 bits per heavy atom. The van der Waals surface area contributed by atoms with Crippen LogP contribution in [-0.4, -0.2) is 55.1 Å². The summed E-state index contributed by atoms with van der Waals surface area (Å²) in [5.74, 6) is 0. The molecule has 1 aliphatic heterocycles. The Kier molecular flexibility index (Phi) is 3.93. The van der Waals surface area contributed by atoms with Gasteiger partial charge in [0.05, 0.1) is 0 Å². The first-order valence-corrected chi connectivity index (χ1v) is 5.60. The van der Waals surface area contributed by atoms with Gasteiger partial charge in [-0.2, -0.15) is 0 Å². The molecule has 14 heavy (non-hydrogen) atoms. The molecule has 2 N–H and O–H groups in total. The normalized spacial score (nSPS) is 27.4. The highest BCUT2D eigenvalue weighted by Gasteiger charge is 2.38. The largest absolute Gasteiger partial charge is 0.326 e. The molecule has 1 atom stereocenters. The number of nitrogens with two attached hydrogens (primary N) is 1. The highest BCUT2D eigenvalue weighted by atomic mass is 15.2. The van der Waals surface area contributed by atoms with Crippen LogP contribution in [0.15, 0.2) is 0 Å².